The minimum atomic E-state index is -3.31. The number of halogens is 2. The molecule has 0 saturated heterocycles. The average molecular weight is 441 g/mol. The van der Waals surface area contributed by atoms with Gasteiger partial charge in [0.05, 0.1) is 9.92 Å². The lowest BCUT2D eigenvalue weighted by atomic mass is 10.2. The third-order valence-corrected chi connectivity index (χ3v) is 5.11. The molecule has 0 fully saturated rings. The quantitative estimate of drug-likeness (QED) is 0.259. The molecule has 0 aliphatic heterocycles. The molecule has 0 bridgehead atoms. The molecule has 0 aliphatic carbocycles. The Morgan fingerprint density at radius 1 is 1.28 bits per heavy atom. The fraction of sp³-hybridized carbons (Fsp3) is 0.118. The van der Waals surface area contributed by atoms with E-state index >= 15 is 0 Å². The molecular weight excluding hydrogens is 427 g/mol. The molecule has 152 valence electrons. The van der Waals surface area contributed by atoms with E-state index in [1.165, 1.54) is 36.4 Å². The fourth-order valence-electron chi connectivity index (χ4n) is 2.26. The average Bonchev–Trinajstić information content (AvgIpc) is 3.15. The van der Waals surface area contributed by atoms with Crippen molar-refractivity contribution in [2.75, 3.05) is 11.6 Å². The van der Waals surface area contributed by atoms with Crippen LogP contribution in [0.2, 0.25) is 5.02 Å². The Morgan fingerprint density at radius 2 is 2.00 bits per heavy atom. The largest absolute Gasteiger partial charge is 0.487 e. The second kappa shape index (κ2) is 8.45. The Balaban J connectivity index is 1.73. The van der Waals surface area contributed by atoms with Crippen molar-refractivity contribution in [1.82, 2.24) is 10.3 Å². The molecule has 3 rings (SSSR count). The first-order valence-electron chi connectivity index (χ1n) is 7.97. The van der Waals surface area contributed by atoms with Gasteiger partial charge in [0.15, 0.2) is 21.2 Å². The molecule has 0 unspecified atom stereocenters. The van der Waals surface area contributed by atoms with Crippen LogP contribution in [0, 0.1) is 5.82 Å². The van der Waals surface area contributed by atoms with Crippen LogP contribution in [0.5, 0.6) is 5.75 Å². The van der Waals surface area contributed by atoms with Gasteiger partial charge in [-0.15, -0.1) is 0 Å². The van der Waals surface area contributed by atoms with Gasteiger partial charge in [0.2, 0.25) is 5.84 Å². The van der Waals surface area contributed by atoms with E-state index in [0.717, 1.165) is 12.3 Å². The van der Waals surface area contributed by atoms with Gasteiger partial charge in [-0.1, -0.05) is 21.9 Å². The third kappa shape index (κ3) is 5.00. The first kappa shape index (κ1) is 20.6. The number of sulfone groups is 1. The molecule has 2 N–H and O–H groups in total. The van der Waals surface area contributed by atoms with Crippen LogP contribution in [0.3, 0.4) is 0 Å². The van der Waals surface area contributed by atoms with E-state index < -0.39 is 15.7 Å². The maximum absolute atomic E-state index is 13.3. The topological polar surface area (TPSA) is 127 Å². The zero-order chi connectivity index (χ0) is 21.0. The zero-order valence-electron chi connectivity index (χ0n) is 14.8. The van der Waals surface area contributed by atoms with E-state index in [1.54, 1.807) is 0 Å². The summed E-state index contributed by atoms with van der Waals surface area (Å²) in [4.78, 5) is 0.158. The van der Waals surface area contributed by atoms with Gasteiger partial charge in [-0.05, 0) is 47.6 Å². The molecule has 0 atom stereocenters. The molecule has 1 heterocycles. The summed E-state index contributed by atoms with van der Waals surface area (Å²) in [5.74, 6) is -0.342. The van der Waals surface area contributed by atoms with E-state index in [4.69, 9.17) is 16.3 Å². The van der Waals surface area contributed by atoms with E-state index in [1.807, 2.05) is 0 Å². The maximum Gasteiger partial charge on any atom is 0.201 e. The Kier molecular flexibility index (Phi) is 5.99. The molecule has 0 amide bonds. The van der Waals surface area contributed by atoms with Crippen LogP contribution in [0.15, 0.2) is 57.1 Å². The van der Waals surface area contributed by atoms with Crippen LogP contribution in [0.25, 0.3) is 0 Å². The van der Waals surface area contributed by atoms with E-state index in [2.05, 4.69) is 25.4 Å². The fourth-order valence-corrected chi connectivity index (χ4v) is 3.07. The van der Waals surface area contributed by atoms with Gasteiger partial charge in [-0.2, -0.15) is 0 Å². The smallest absolute Gasteiger partial charge is 0.201 e. The highest BCUT2D eigenvalue weighted by atomic mass is 35.5. The van der Waals surface area contributed by atoms with Crippen molar-refractivity contribution in [1.29, 1.82) is 0 Å². The monoisotopic (exact) mass is 440 g/mol. The lowest BCUT2D eigenvalue weighted by Crippen LogP contribution is -2.17. The van der Waals surface area contributed by atoms with Gasteiger partial charge >= 0.3 is 0 Å². The number of benzene rings is 2. The Hall–Kier alpha value is -3.18. The van der Waals surface area contributed by atoms with E-state index in [-0.39, 0.29) is 33.7 Å². The third-order valence-electron chi connectivity index (χ3n) is 3.69. The first-order valence-corrected chi connectivity index (χ1v) is 10.2. The molecule has 0 saturated carbocycles. The number of aromatic nitrogens is 2. The minimum Gasteiger partial charge on any atom is -0.487 e. The summed E-state index contributed by atoms with van der Waals surface area (Å²) in [6.07, 6.45) is 1.10. The number of oxime groups is 1. The van der Waals surface area contributed by atoms with Crippen LogP contribution < -0.4 is 10.1 Å². The highest BCUT2D eigenvalue weighted by Crippen LogP contribution is 2.21. The van der Waals surface area contributed by atoms with Gasteiger partial charge in [-0.25, -0.2) is 17.4 Å². The standard InChI is InChI=1S/C17H14ClFN4O5S/c1-29(25,26)12-5-3-11(4-6-12)27-9-15-16(23-28-22-15)17(21-24)20-10-2-7-14(19)13(18)8-10/h2-8,24H,9H2,1H3,(H,20,21). The van der Waals surface area contributed by atoms with Crippen LogP contribution >= 0.6 is 11.6 Å². The Morgan fingerprint density at radius 3 is 2.62 bits per heavy atom. The van der Waals surface area contributed by atoms with Crippen molar-refractivity contribution >= 4 is 33.0 Å². The van der Waals surface area contributed by atoms with Gasteiger partial charge in [-0.3, -0.25) is 0 Å². The van der Waals surface area contributed by atoms with Crippen molar-refractivity contribution < 1.29 is 27.4 Å². The zero-order valence-corrected chi connectivity index (χ0v) is 16.4. The second-order valence-corrected chi connectivity index (χ2v) is 8.22. The van der Waals surface area contributed by atoms with Gasteiger partial charge in [0, 0.05) is 11.9 Å². The van der Waals surface area contributed by atoms with Gasteiger partial charge in [0.25, 0.3) is 0 Å². The maximum atomic E-state index is 13.3. The molecule has 0 spiro atoms. The lowest BCUT2D eigenvalue weighted by molar-refractivity contribution is 0.270. The molecular formula is C17H14ClFN4O5S. The van der Waals surface area contributed by atoms with Crippen molar-refractivity contribution in [2.45, 2.75) is 11.5 Å². The summed E-state index contributed by atoms with van der Waals surface area (Å²) >= 11 is 5.73. The predicted molar refractivity (Wildman–Crippen MR) is 102 cm³/mol. The van der Waals surface area contributed by atoms with E-state index in [9.17, 15) is 18.0 Å². The normalized spacial score (nSPS) is 12.0. The Labute approximate surface area is 169 Å². The SMILES string of the molecule is CS(=O)(=O)c1ccc(OCc2nonc2/C(=N\O)Nc2ccc(F)c(Cl)c2)cc1. The van der Waals surface area contributed by atoms with E-state index in [0.29, 0.717) is 11.4 Å². The number of rotatable bonds is 6. The summed E-state index contributed by atoms with van der Waals surface area (Å²) in [5.41, 5.74) is 0.599. The van der Waals surface area contributed by atoms with Crippen LogP contribution in [0.1, 0.15) is 11.4 Å². The number of ether oxygens (including phenoxy) is 1. The molecule has 2 aromatic carbocycles. The number of anilines is 1. The van der Waals surface area contributed by atoms with Crippen LogP contribution in [-0.2, 0) is 16.4 Å². The summed E-state index contributed by atoms with van der Waals surface area (Å²) in [5, 5.41) is 22.4. The first-order chi connectivity index (χ1) is 13.8. The summed E-state index contributed by atoms with van der Waals surface area (Å²) < 4.78 is 46.5. The summed E-state index contributed by atoms with van der Waals surface area (Å²) in [6, 6.07) is 9.63. The number of amidine groups is 1. The lowest BCUT2D eigenvalue weighted by Gasteiger charge is -2.08. The molecule has 1 aromatic heterocycles. The molecule has 29 heavy (non-hydrogen) atoms. The number of nitrogens with one attached hydrogen (secondary N) is 1. The van der Waals surface area contributed by atoms with Gasteiger partial charge in [0.1, 0.15) is 18.2 Å². The number of nitrogens with zero attached hydrogens (tertiary/aromatic N) is 3. The molecule has 3 aromatic rings. The van der Waals surface area contributed by atoms with Crippen LogP contribution in [0.4, 0.5) is 10.1 Å². The summed E-state index contributed by atoms with van der Waals surface area (Å²) in [7, 11) is -3.31. The molecule has 0 radical (unpaired) electrons. The Bertz CT molecular complexity index is 1150. The predicted octanol–water partition coefficient (Wildman–Crippen LogP) is 3.09. The number of hydrogen-bond acceptors (Lipinski definition) is 8. The molecule has 0 aliphatic rings. The van der Waals surface area contributed by atoms with Crippen molar-refractivity contribution in [3.63, 3.8) is 0 Å². The highest BCUT2D eigenvalue weighted by Gasteiger charge is 2.19. The van der Waals surface area contributed by atoms with Gasteiger partial charge < -0.3 is 15.3 Å². The number of hydrogen-bond donors (Lipinski definition) is 2. The van der Waals surface area contributed by atoms with Crippen LogP contribution in [-0.4, -0.2) is 36.0 Å². The molecule has 12 heteroatoms. The molecule has 9 nitrogen and oxygen atoms in total. The van der Waals surface area contributed by atoms with Crippen molar-refractivity contribution in [2.24, 2.45) is 5.16 Å². The highest BCUT2D eigenvalue weighted by molar-refractivity contribution is 7.90. The van der Waals surface area contributed by atoms with Crippen molar-refractivity contribution in [3.8, 4) is 5.75 Å². The summed E-state index contributed by atoms with van der Waals surface area (Å²) in [6.45, 7) is -0.109. The second-order valence-electron chi connectivity index (χ2n) is 5.79. The van der Waals surface area contributed by atoms with Crippen molar-refractivity contribution in [3.05, 3.63) is 64.7 Å². The minimum absolute atomic E-state index is 0.0562.